The van der Waals surface area contributed by atoms with Crippen LogP contribution in [0.2, 0.25) is 5.02 Å². The number of nitrogens with two attached hydrogens (primary N) is 1. The Hall–Kier alpha value is -7.60. The molecule has 0 unspecified atom stereocenters. The molecule has 8 amide bonds. The van der Waals surface area contributed by atoms with E-state index in [9.17, 15) is 74.1 Å². The number of aliphatic hydroxyl groups excluding tert-OH is 3. The molecule has 4 aromatic rings. The van der Waals surface area contributed by atoms with Gasteiger partial charge in [0.05, 0.1) is 37.9 Å². The minimum absolute atomic E-state index is 0. The number of para-hydroxylation sites is 1. The monoisotopic (exact) mass is 1490 g/mol. The molecule has 0 spiro atoms. The summed E-state index contributed by atoms with van der Waals surface area (Å²) in [7, 11) is 1.76. The third-order valence-corrected chi connectivity index (χ3v) is 19.2. The number of aliphatic carboxylic acids is 3. The number of rotatable bonds is 27. The number of carbonyl (C=O) groups excluding carboxylic acids is 8. The minimum atomic E-state index is -1.78. The van der Waals surface area contributed by atoms with Crippen molar-refractivity contribution >= 4 is 109 Å². The van der Waals surface area contributed by atoms with Crippen LogP contribution in [-0.2, 0) is 89.1 Å². The van der Waals surface area contributed by atoms with Gasteiger partial charge in [0.1, 0.15) is 54.1 Å². The number of unbranched alkanes of at least 4 members (excludes halogenated alkanes) is 1. The maximum Gasteiger partial charge on any atom is 0.320 e. The molecule has 35 heteroatoms. The summed E-state index contributed by atoms with van der Waals surface area (Å²) in [5, 5.41) is 93.7. The minimum Gasteiger partial charge on any atom is -0.508 e. The van der Waals surface area contributed by atoms with Crippen molar-refractivity contribution in [3.05, 3.63) is 101 Å². The number of aliphatic hydroxyl groups is 3. The second kappa shape index (κ2) is 41.2. The number of aromatic amines is 1. The van der Waals surface area contributed by atoms with E-state index in [0.29, 0.717) is 39.0 Å². The van der Waals surface area contributed by atoms with Crippen molar-refractivity contribution in [2.45, 2.75) is 132 Å². The van der Waals surface area contributed by atoms with Gasteiger partial charge in [-0.1, -0.05) is 75.7 Å². The third-order valence-electron chi connectivity index (χ3n) is 16.5. The van der Waals surface area contributed by atoms with Crippen molar-refractivity contribution in [3.8, 4) is 5.75 Å². The molecule has 2 aliphatic rings. The number of phenolic OH excluding ortho intramolecular Hbond substituents is 1. The molecule has 2 fully saturated rings. The fourth-order valence-electron chi connectivity index (χ4n) is 11.0. The molecule has 1 radical (unpaired) electrons. The molecule has 0 saturated carbocycles. The molecule has 0 bridgehead atoms. The number of amides is 8. The van der Waals surface area contributed by atoms with Crippen LogP contribution in [0.5, 0.6) is 5.75 Å². The summed E-state index contributed by atoms with van der Waals surface area (Å²) in [6.45, 7) is 1.73. The quantitative estimate of drug-likeness (QED) is 0.0175. The van der Waals surface area contributed by atoms with E-state index in [0.717, 1.165) is 21.6 Å². The largest absolute Gasteiger partial charge is 0.508 e. The number of nitrogens with zero attached hydrogens (tertiary/aromatic N) is 3. The molecule has 547 valence electrons. The topological polar surface area (TPSA) is 477 Å². The Kier molecular flexibility index (Phi) is 34.2. The molecule has 1 aromatic heterocycles. The molecule has 31 nitrogen and oxygen atoms in total. The Morgan fingerprint density at radius 1 is 0.687 bits per heavy atom. The predicted octanol–water partition coefficient (Wildman–Crippen LogP) is -1.97. The summed E-state index contributed by atoms with van der Waals surface area (Å²) in [6, 6.07) is 5.27. The molecule has 3 heterocycles. The number of aromatic hydroxyl groups is 1. The first-order chi connectivity index (χ1) is 46.7. The smallest absolute Gasteiger partial charge is 0.320 e. The number of phenols is 1. The number of aromatic nitrogens is 1. The van der Waals surface area contributed by atoms with Crippen molar-refractivity contribution in [2.24, 2.45) is 5.73 Å². The molecule has 18 N–H and O–H groups in total. The van der Waals surface area contributed by atoms with E-state index in [2.05, 4.69) is 47.5 Å². The number of H-pyrrole nitrogens is 1. The van der Waals surface area contributed by atoms with Gasteiger partial charge in [0.2, 0.25) is 47.3 Å². The van der Waals surface area contributed by atoms with Crippen molar-refractivity contribution in [1.82, 2.24) is 62.2 Å². The van der Waals surface area contributed by atoms with E-state index in [-0.39, 0.29) is 113 Å². The zero-order valence-electron chi connectivity index (χ0n) is 54.5. The van der Waals surface area contributed by atoms with Crippen LogP contribution < -0.4 is 48.3 Å². The summed E-state index contributed by atoms with van der Waals surface area (Å²) < 4.78 is 0. The van der Waals surface area contributed by atoms with Crippen molar-refractivity contribution < 1.29 is 106 Å². The van der Waals surface area contributed by atoms with Gasteiger partial charge in [0, 0.05) is 116 Å². The van der Waals surface area contributed by atoms with Crippen LogP contribution in [-0.4, -0.2) is 264 Å². The van der Waals surface area contributed by atoms with E-state index >= 15 is 14.4 Å². The number of carboxylic acid groups (broad SMARTS) is 3. The van der Waals surface area contributed by atoms with E-state index in [1.807, 2.05) is 0 Å². The van der Waals surface area contributed by atoms with Gasteiger partial charge in [-0.25, -0.2) is 0 Å². The van der Waals surface area contributed by atoms with Crippen molar-refractivity contribution in [3.63, 3.8) is 0 Å². The number of hydrogen-bond donors (Lipinski definition) is 17. The van der Waals surface area contributed by atoms with Gasteiger partial charge < -0.3 is 89.0 Å². The second-order valence-electron chi connectivity index (χ2n) is 24.1. The molecule has 99 heavy (non-hydrogen) atoms. The maximum atomic E-state index is 15.2. The van der Waals surface area contributed by atoms with Gasteiger partial charge >= 0.3 is 17.9 Å². The SMILES string of the molecule is C[C@@H](O)[C@@H]1NC(=O)[C@H](CCCCN)NC(=O)[C@@H](Cc2c[nH]c3ccccc23)NC(=O)[C@H](Cc2ccc(O)cc2)NC(=O)[C@@H](NC(=O)[C@@H](Cc2ccc(Cl)cc2)NC(=O)CC[C@H](C(=O)O)N2CCN(CC(=O)O)CCN(CC(=O)O)CC2)CSSC[C@@H](C(=O)N[C@H](CO)[C@@H](C)O)NC1=O.[61Cu]. The Balaban J connectivity index is 0.0000177. The van der Waals surface area contributed by atoms with Crippen molar-refractivity contribution in [1.29, 1.82) is 0 Å². The first kappa shape index (κ1) is 82.1. The van der Waals surface area contributed by atoms with Gasteiger partial charge in [0.15, 0.2) is 0 Å². The normalized spacial score (nSPS) is 21.7. The molecule has 3 aromatic carbocycles. The standard InChI is InChI=1S/C64H88ClN13O18S2.Cu/c1-36(80)49(33-79)72-62(93)51-35-98-97-34-50(73-58(89)46(27-38-10-14-41(65)15-11-38)68-53(83)19-18-52(64(95)96)78-25-23-76(31-54(84)85)21-22-77(24-26-78)32-55(86)87)61(92)70-47(28-39-12-16-42(82)17-13-39)59(90)71-48(29-40-30-67-44-8-4-3-7-43(40)44)60(91)69-45(9-5-6-20-66)57(88)75-56(37(2)81)63(94)74-51;/h3-4,7-8,10-17,30,36-37,45-52,56,67,79-82H,5-6,9,18-29,31-35,66H2,1-2H3,(H,68,83)(H,69,91)(H,70,92)(H,71,90)(H,72,93)(H,73,89)(H,74,94)(H,75,88)(H,84,85)(H,86,87)(H,95,96);/t36-,37-,45+,46-,47+,48-,49-,50+,51+,52-,56+;/m1./s1/i;1-3. The van der Waals surface area contributed by atoms with Crippen LogP contribution in [0, 0.1) is 0 Å². The zero-order valence-corrected chi connectivity index (χ0v) is 57.9. The maximum absolute atomic E-state index is 15.2. The fraction of sp³-hybridized carbons (Fsp3) is 0.516. The molecular formula is C64H88ClCuN13O18S2. The average molecular weight is 1490 g/mol. The van der Waals surface area contributed by atoms with Crippen LogP contribution in [0.1, 0.15) is 62.6 Å². The molecule has 0 aliphatic carbocycles. The number of nitrogens with one attached hydrogen (secondary N) is 9. The van der Waals surface area contributed by atoms with Crippen LogP contribution in [0.3, 0.4) is 0 Å². The van der Waals surface area contributed by atoms with Gasteiger partial charge in [-0.05, 0) is 93.1 Å². The van der Waals surface area contributed by atoms with E-state index in [1.165, 1.54) is 55.1 Å². The molecule has 6 rings (SSSR count). The Labute approximate surface area is 594 Å². The zero-order chi connectivity index (χ0) is 71.6. The van der Waals surface area contributed by atoms with Gasteiger partial charge in [0.25, 0.3) is 0 Å². The van der Waals surface area contributed by atoms with E-state index in [4.69, 9.17) is 17.3 Å². The Morgan fingerprint density at radius 2 is 1.26 bits per heavy atom. The van der Waals surface area contributed by atoms with E-state index < -0.39 is 164 Å². The molecule has 2 saturated heterocycles. The van der Waals surface area contributed by atoms with Gasteiger partial charge in [-0.15, -0.1) is 0 Å². The first-order valence-electron chi connectivity index (χ1n) is 32.0. The number of fused-ring (bicyclic) bond motifs is 1. The van der Waals surface area contributed by atoms with Crippen LogP contribution >= 0.6 is 33.2 Å². The summed E-state index contributed by atoms with van der Waals surface area (Å²) in [5.74, 6) is -12.1. The van der Waals surface area contributed by atoms with Gasteiger partial charge in [-0.3, -0.25) is 67.4 Å². The number of hydrogen-bond acceptors (Lipinski definition) is 21. The number of carboxylic acids is 3. The fourth-order valence-corrected chi connectivity index (χ4v) is 13.5. The number of carbonyl (C=O) groups is 11. The van der Waals surface area contributed by atoms with Crippen LogP contribution in [0.4, 0.5) is 0 Å². The van der Waals surface area contributed by atoms with Crippen molar-refractivity contribution in [2.75, 3.05) is 77.0 Å². The summed E-state index contributed by atoms with van der Waals surface area (Å²) >= 11 is 6.24. The third kappa shape index (κ3) is 26.8. The van der Waals surface area contributed by atoms with Crippen LogP contribution in [0.15, 0.2) is 79.0 Å². The number of halogens is 1. The summed E-state index contributed by atoms with van der Waals surface area (Å²) in [6.07, 6.45) is -2.32. The second-order valence-corrected chi connectivity index (χ2v) is 27.1. The molecular weight excluding hydrogens is 1400 g/mol. The molecule has 2 aliphatic heterocycles. The Morgan fingerprint density at radius 3 is 1.86 bits per heavy atom. The van der Waals surface area contributed by atoms with E-state index in [1.54, 1.807) is 52.4 Å². The average Bonchev–Trinajstić information content (AvgIpc) is 1.74. The predicted molar refractivity (Wildman–Crippen MR) is 363 cm³/mol. The first-order valence-corrected chi connectivity index (χ1v) is 34.8. The van der Waals surface area contributed by atoms with Crippen LogP contribution in [0.25, 0.3) is 10.9 Å². The molecule has 11 atom stereocenters. The summed E-state index contributed by atoms with van der Waals surface area (Å²) in [5.41, 5.74) is 7.91. The Bertz CT molecular complexity index is 3350. The number of benzene rings is 3. The van der Waals surface area contributed by atoms with Gasteiger partial charge in [-0.2, -0.15) is 0 Å². The summed E-state index contributed by atoms with van der Waals surface area (Å²) in [4.78, 5) is 162.